The third kappa shape index (κ3) is 3.87. The molecule has 2 aliphatic rings. The van der Waals surface area contributed by atoms with E-state index in [1.807, 2.05) is 13.0 Å². The molecule has 124 valence electrons. The fourth-order valence-corrected chi connectivity index (χ4v) is 3.66. The molecule has 0 spiro atoms. The average molecular weight is 314 g/mol. The van der Waals surface area contributed by atoms with E-state index >= 15 is 0 Å². The smallest absolute Gasteiger partial charge is 0.309 e. The number of carboxylic acids is 1. The summed E-state index contributed by atoms with van der Waals surface area (Å²) >= 11 is 0. The van der Waals surface area contributed by atoms with Gasteiger partial charge in [-0.25, -0.2) is 8.78 Å². The summed E-state index contributed by atoms with van der Waals surface area (Å²) < 4.78 is 30.8. The first-order valence-corrected chi connectivity index (χ1v) is 7.99. The van der Waals surface area contributed by atoms with Gasteiger partial charge in [0.2, 0.25) is 6.43 Å². The molecule has 0 bridgehead atoms. The van der Waals surface area contributed by atoms with E-state index in [-0.39, 0.29) is 0 Å². The van der Waals surface area contributed by atoms with Crippen LogP contribution in [0.4, 0.5) is 8.78 Å². The minimum Gasteiger partial charge on any atom is -0.494 e. The summed E-state index contributed by atoms with van der Waals surface area (Å²) in [6.45, 7) is 2.58. The van der Waals surface area contributed by atoms with E-state index < -0.39 is 24.2 Å². The van der Waals surface area contributed by atoms with Crippen molar-refractivity contribution in [2.45, 2.75) is 51.9 Å². The van der Waals surface area contributed by atoms with Crippen molar-refractivity contribution < 1.29 is 23.4 Å². The van der Waals surface area contributed by atoms with Gasteiger partial charge in [0.1, 0.15) is 5.76 Å². The highest BCUT2D eigenvalue weighted by molar-refractivity contribution is 5.74. The van der Waals surface area contributed by atoms with Crippen molar-refractivity contribution in [1.82, 2.24) is 0 Å². The number of ether oxygens (including phenoxy) is 1. The second kappa shape index (κ2) is 7.25. The maximum atomic E-state index is 12.7. The lowest BCUT2D eigenvalue weighted by atomic mass is 9.65. The highest BCUT2D eigenvalue weighted by Crippen LogP contribution is 2.46. The van der Waals surface area contributed by atoms with E-state index in [1.54, 1.807) is 0 Å². The third-order valence-electron chi connectivity index (χ3n) is 5.00. The van der Waals surface area contributed by atoms with Gasteiger partial charge in [-0.15, -0.1) is 0 Å². The molecule has 1 fully saturated rings. The van der Waals surface area contributed by atoms with Crippen molar-refractivity contribution >= 4 is 5.97 Å². The molecular weight excluding hydrogens is 290 g/mol. The van der Waals surface area contributed by atoms with Crippen LogP contribution in [0.15, 0.2) is 24.0 Å². The summed E-state index contributed by atoms with van der Waals surface area (Å²) in [4.78, 5) is 11.4. The molecule has 0 aromatic carbocycles. The van der Waals surface area contributed by atoms with Crippen LogP contribution in [0, 0.1) is 17.3 Å². The number of halogens is 2. The Morgan fingerprint density at radius 3 is 2.59 bits per heavy atom. The van der Waals surface area contributed by atoms with Crippen LogP contribution in [0.2, 0.25) is 0 Å². The molecule has 0 saturated heterocycles. The second-order valence-electron chi connectivity index (χ2n) is 6.32. The Labute approximate surface area is 130 Å². The van der Waals surface area contributed by atoms with Gasteiger partial charge < -0.3 is 9.84 Å². The monoisotopic (exact) mass is 314 g/mol. The van der Waals surface area contributed by atoms with Gasteiger partial charge >= 0.3 is 5.97 Å². The number of hydrogen-bond donors (Lipinski definition) is 1. The topological polar surface area (TPSA) is 46.5 Å². The Morgan fingerprint density at radius 2 is 2.14 bits per heavy atom. The van der Waals surface area contributed by atoms with Gasteiger partial charge in [-0.3, -0.25) is 4.79 Å². The first-order valence-electron chi connectivity index (χ1n) is 7.99. The van der Waals surface area contributed by atoms with Crippen LogP contribution in [-0.2, 0) is 9.53 Å². The van der Waals surface area contributed by atoms with E-state index in [9.17, 15) is 18.7 Å². The van der Waals surface area contributed by atoms with Crippen molar-refractivity contribution in [1.29, 1.82) is 0 Å². The van der Waals surface area contributed by atoms with Gasteiger partial charge in [0.25, 0.3) is 0 Å². The molecule has 22 heavy (non-hydrogen) atoms. The Hall–Kier alpha value is -1.39. The molecule has 1 N–H and O–H groups in total. The van der Waals surface area contributed by atoms with Gasteiger partial charge in [-0.1, -0.05) is 6.08 Å². The standard InChI is InChI=1S/C17H24F2O3/c1-2-22-14-5-3-12(4-6-14)13-7-9-17(10-8-13,16(20)21)11-15(18)19/h3,5-6,12-13,15H,2,4,7-11H2,1H3,(H,20,21)/t12?,13-,17-. The highest BCUT2D eigenvalue weighted by Gasteiger charge is 2.44. The lowest BCUT2D eigenvalue weighted by Gasteiger charge is -2.39. The van der Waals surface area contributed by atoms with Gasteiger partial charge in [-0.05, 0) is 63.0 Å². The zero-order valence-electron chi connectivity index (χ0n) is 12.9. The fourth-order valence-electron chi connectivity index (χ4n) is 3.66. The van der Waals surface area contributed by atoms with Crippen LogP contribution >= 0.6 is 0 Å². The molecule has 0 aromatic rings. The first kappa shape index (κ1) is 17.0. The molecule has 2 rings (SSSR count). The Bertz CT molecular complexity index is 449. The molecule has 0 amide bonds. The van der Waals surface area contributed by atoms with E-state index in [2.05, 4.69) is 12.2 Å². The Balaban J connectivity index is 1.92. The second-order valence-corrected chi connectivity index (χ2v) is 6.32. The minimum absolute atomic E-state index is 0.351. The summed E-state index contributed by atoms with van der Waals surface area (Å²) in [6, 6.07) is 0. The van der Waals surface area contributed by atoms with Crippen LogP contribution < -0.4 is 0 Å². The number of hydrogen-bond acceptors (Lipinski definition) is 2. The fraction of sp³-hybridized carbons (Fsp3) is 0.706. The minimum atomic E-state index is -2.56. The summed E-state index contributed by atoms with van der Waals surface area (Å²) in [7, 11) is 0. The third-order valence-corrected chi connectivity index (χ3v) is 5.00. The summed E-state index contributed by atoms with van der Waals surface area (Å²) in [5, 5.41) is 9.35. The molecule has 1 saturated carbocycles. The molecule has 1 atom stereocenters. The Kier molecular flexibility index (Phi) is 5.59. The number of aliphatic carboxylic acids is 1. The molecular formula is C17H24F2O3. The van der Waals surface area contributed by atoms with Crippen LogP contribution in [0.25, 0.3) is 0 Å². The van der Waals surface area contributed by atoms with Gasteiger partial charge in [0.05, 0.1) is 12.0 Å². The van der Waals surface area contributed by atoms with Crippen molar-refractivity contribution in [3.8, 4) is 0 Å². The summed E-state index contributed by atoms with van der Waals surface area (Å²) in [5.41, 5.74) is -1.23. The van der Waals surface area contributed by atoms with E-state index in [4.69, 9.17) is 4.74 Å². The predicted molar refractivity (Wildman–Crippen MR) is 79.6 cm³/mol. The number of alkyl halides is 2. The molecule has 0 radical (unpaired) electrons. The normalized spacial score (nSPS) is 31.9. The zero-order valence-corrected chi connectivity index (χ0v) is 12.9. The van der Waals surface area contributed by atoms with E-state index in [1.165, 1.54) is 0 Å². The van der Waals surface area contributed by atoms with Crippen LogP contribution in [0.5, 0.6) is 0 Å². The molecule has 3 nitrogen and oxygen atoms in total. The van der Waals surface area contributed by atoms with Gasteiger partial charge in [0, 0.05) is 6.42 Å². The van der Waals surface area contributed by atoms with Gasteiger partial charge in [-0.2, -0.15) is 0 Å². The maximum Gasteiger partial charge on any atom is 0.309 e. The molecule has 0 aromatic heterocycles. The van der Waals surface area contributed by atoms with Crippen molar-refractivity contribution in [3.05, 3.63) is 24.0 Å². The Morgan fingerprint density at radius 1 is 1.45 bits per heavy atom. The molecule has 0 heterocycles. The first-order chi connectivity index (χ1) is 10.5. The highest BCUT2D eigenvalue weighted by atomic mass is 19.3. The van der Waals surface area contributed by atoms with Crippen LogP contribution in [0.1, 0.15) is 45.4 Å². The van der Waals surface area contributed by atoms with Crippen molar-refractivity contribution in [3.63, 3.8) is 0 Å². The largest absolute Gasteiger partial charge is 0.494 e. The predicted octanol–water partition coefficient (Wildman–Crippen LogP) is 4.40. The number of carboxylic acid groups (broad SMARTS) is 1. The molecule has 1 unspecified atom stereocenters. The SMILES string of the molecule is CCOC1=CCC([C@H]2CC[C@](CC(F)F)(C(=O)O)CC2)C=C1. The van der Waals surface area contributed by atoms with E-state index in [0.29, 0.717) is 44.1 Å². The lowest BCUT2D eigenvalue weighted by molar-refractivity contribution is -0.155. The average Bonchev–Trinajstić information content (AvgIpc) is 2.48. The zero-order chi connectivity index (χ0) is 16.2. The number of carbonyl (C=O) groups is 1. The van der Waals surface area contributed by atoms with Crippen LogP contribution in [0.3, 0.4) is 0 Å². The van der Waals surface area contributed by atoms with Gasteiger partial charge in [0.15, 0.2) is 0 Å². The molecule has 0 aliphatic heterocycles. The maximum absolute atomic E-state index is 12.7. The van der Waals surface area contributed by atoms with E-state index in [0.717, 1.165) is 12.2 Å². The van der Waals surface area contributed by atoms with Crippen molar-refractivity contribution in [2.75, 3.05) is 6.61 Å². The quantitative estimate of drug-likeness (QED) is 0.790. The molecule has 5 heteroatoms. The lowest BCUT2D eigenvalue weighted by Crippen LogP contribution is -2.38. The van der Waals surface area contributed by atoms with Crippen LogP contribution in [-0.4, -0.2) is 24.1 Å². The number of allylic oxidation sites excluding steroid dienone is 3. The number of rotatable bonds is 6. The summed E-state index contributed by atoms with van der Waals surface area (Å²) in [5.74, 6) is 0.555. The summed E-state index contributed by atoms with van der Waals surface area (Å²) in [6.07, 6.45) is 6.05. The van der Waals surface area contributed by atoms with Crippen molar-refractivity contribution in [2.24, 2.45) is 17.3 Å². The molecule has 2 aliphatic carbocycles.